The van der Waals surface area contributed by atoms with Gasteiger partial charge in [0.05, 0.1) is 11.6 Å². The Bertz CT molecular complexity index is 789. The predicted octanol–water partition coefficient (Wildman–Crippen LogP) is 0.114. The SMILES string of the molecule is N#CCN(C(=O)COc1cccc(B(O)O)c1C=O)c1ccccc1. The summed E-state index contributed by atoms with van der Waals surface area (Å²) >= 11 is 0. The van der Waals surface area contributed by atoms with E-state index in [4.69, 9.17) is 10.00 Å². The second kappa shape index (κ2) is 8.64. The van der Waals surface area contributed by atoms with E-state index < -0.39 is 19.6 Å². The number of para-hydroxylation sites is 1. The highest BCUT2D eigenvalue weighted by Gasteiger charge is 2.21. The second-order valence-electron chi connectivity index (χ2n) is 5.01. The maximum absolute atomic E-state index is 12.4. The van der Waals surface area contributed by atoms with Crippen molar-refractivity contribution in [2.75, 3.05) is 18.1 Å². The zero-order chi connectivity index (χ0) is 18.2. The molecular weight excluding hydrogens is 323 g/mol. The summed E-state index contributed by atoms with van der Waals surface area (Å²) in [6.45, 7) is -0.565. The molecule has 0 unspecified atom stereocenters. The van der Waals surface area contributed by atoms with Crippen LogP contribution in [0.3, 0.4) is 0 Å². The van der Waals surface area contributed by atoms with E-state index in [9.17, 15) is 19.6 Å². The molecule has 0 bridgehead atoms. The van der Waals surface area contributed by atoms with E-state index in [1.54, 1.807) is 30.3 Å². The number of benzene rings is 2. The molecule has 0 heterocycles. The molecule has 2 aromatic rings. The lowest BCUT2D eigenvalue weighted by molar-refractivity contribution is -0.120. The molecule has 25 heavy (non-hydrogen) atoms. The Morgan fingerprint density at radius 3 is 2.52 bits per heavy atom. The monoisotopic (exact) mass is 338 g/mol. The first-order valence-electron chi connectivity index (χ1n) is 7.38. The fraction of sp³-hybridized carbons (Fsp3) is 0.118. The lowest BCUT2D eigenvalue weighted by Gasteiger charge is -2.20. The maximum atomic E-state index is 12.4. The van der Waals surface area contributed by atoms with Crippen LogP contribution < -0.4 is 15.1 Å². The van der Waals surface area contributed by atoms with E-state index in [1.807, 2.05) is 6.07 Å². The minimum absolute atomic E-state index is 0.0168. The Morgan fingerprint density at radius 2 is 1.92 bits per heavy atom. The summed E-state index contributed by atoms with van der Waals surface area (Å²) in [5.41, 5.74) is 0.488. The van der Waals surface area contributed by atoms with Gasteiger partial charge in [-0.2, -0.15) is 5.26 Å². The molecule has 0 radical (unpaired) electrons. The van der Waals surface area contributed by atoms with E-state index in [0.717, 1.165) is 0 Å². The van der Waals surface area contributed by atoms with Crippen LogP contribution in [0.15, 0.2) is 48.5 Å². The number of aldehydes is 1. The van der Waals surface area contributed by atoms with Crippen LogP contribution in [-0.2, 0) is 4.79 Å². The van der Waals surface area contributed by atoms with Crippen LogP contribution in [-0.4, -0.2) is 42.5 Å². The van der Waals surface area contributed by atoms with Crippen LogP contribution in [0.25, 0.3) is 0 Å². The van der Waals surface area contributed by atoms with Gasteiger partial charge in [0.1, 0.15) is 12.3 Å². The minimum atomic E-state index is -1.83. The number of ether oxygens (including phenoxy) is 1. The Labute approximate surface area is 144 Å². The molecule has 7 nitrogen and oxygen atoms in total. The highest BCUT2D eigenvalue weighted by molar-refractivity contribution is 6.60. The van der Waals surface area contributed by atoms with Crippen molar-refractivity contribution < 1.29 is 24.4 Å². The molecule has 2 rings (SSSR count). The Balaban J connectivity index is 2.17. The molecule has 2 N–H and O–H groups in total. The van der Waals surface area contributed by atoms with E-state index in [-0.39, 0.29) is 23.3 Å². The Hall–Kier alpha value is -3.15. The van der Waals surface area contributed by atoms with Gasteiger partial charge in [0, 0.05) is 5.69 Å². The van der Waals surface area contributed by atoms with Gasteiger partial charge in [0.2, 0.25) is 0 Å². The molecule has 0 spiro atoms. The molecule has 0 fully saturated rings. The quantitative estimate of drug-likeness (QED) is 0.421. The van der Waals surface area contributed by atoms with Crippen LogP contribution in [0.2, 0.25) is 0 Å². The van der Waals surface area contributed by atoms with Crippen molar-refractivity contribution in [2.24, 2.45) is 0 Å². The average Bonchev–Trinajstić information content (AvgIpc) is 2.64. The second-order valence-corrected chi connectivity index (χ2v) is 5.01. The zero-order valence-corrected chi connectivity index (χ0v) is 13.2. The third-order valence-corrected chi connectivity index (χ3v) is 3.44. The van der Waals surface area contributed by atoms with Crippen molar-refractivity contribution in [3.8, 4) is 11.8 Å². The third-order valence-electron chi connectivity index (χ3n) is 3.44. The lowest BCUT2D eigenvalue weighted by atomic mass is 9.77. The number of amides is 1. The minimum Gasteiger partial charge on any atom is -0.483 e. The van der Waals surface area contributed by atoms with E-state index in [0.29, 0.717) is 12.0 Å². The molecule has 0 saturated carbocycles. The normalized spacial score (nSPS) is 9.80. The molecule has 1 amide bonds. The standard InChI is InChI=1S/C17H15BN2O5/c19-9-10-20(13-5-2-1-3-6-13)17(22)12-25-16-8-4-7-15(18(23)24)14(16)11-21/h1-8,11,23-24H,10,12H2. The van der Waals surface area contributed by atoms with Crippen molar-refractivity contribution >= 4 is 30.5 Å². The molecule has 2 aromatic carbocycles. The van der Waals surface area contributed by atoms with Gasteiger partial charge in [-0.05, 0) is 23.7 Å². The summed E-state index contributed by atoms with van der Waals surface area (Å²) in [4.78, 5) is 24.9. The first-order chi connectivity index (χ1) is 12.1. The lowest BCUT2D eigenvalue weighted by Crippen LogP contribution is -2.36. The van der Waals surface area contributed by atoms with E-state index >= 15 is 0 Å². The smallest absolute Gasteiger partial charge is 0.483 e. The maximum Gasteiger partial charge on any atom is 0.489 e. The van der Waals surface area contributed by atoms with Gasteiger partial charge in [-0.15, -0.1) is 0 Å². The molecule has 0 aliphatic carbocycles. The Morgan fingerprint density at radius 1 is 1.20 bits per heavy atom. The van der Waals surface area contributed by atoms with Crippen molar-refractivity contribution in [1.82, 2.24) is 0 Å². The highest BCUT2D eigenvalue weighted by Crippen LogP contribution is 2.17. The van der Waals surface area contributed by atoms with E-state index in [1.165, 1.54) is 23.1 Å². The number of hydrogen-bond donors (Lipinski definition) is 2. The molecular formula is C17H15BN2O5. The molecule has 0 saturated heterocycles. The summed E-state index contributed by atoms with van der Waals surface area (Å²) in [7, 11) is -1.83. The van der Waals surface area contributed by atoms with Gasteiger partial charge < -0.3 is 14.8 Å². The van der Waals surface area contributed by atoms with Gasteiger partial charge in [-0.1, -0.05) is 30.3 Å². The summed E-state index contributed by atoms with van der Waals surface area (Å²) in [6, 6.07) is 14.9. The average molecular weight is 338 g/mol. The van der Waals surface area contributed by atoms with Crippen molar-refractivity contribution in [3.63, 3.8) is 0 Å². The van der Waals surface area contributed by atoms with Crippen LogP contribution in [0.1, 0.15) is 10.4 Å². The molecule has 8 heteroatoms. The van der Waals surface area contributed by atoms with Crippen molar-refractivity contribution in [1.29, 1.82) is 5.26 Å². The largest absolute Gasteiger partial charge is 0.489 e. The number of carbonyl (C=O) groups is 2. The summed E-state index contributed by atoms with van der Waals surface area (Å²) in [5.74, 6) is -0.418. The topological polar surface area (TPSA) is 111 Å². The number of hydrogen-bond acceptors (Lipinski definition) is 6. The third kappa shape index (κ3) is 4.44. The first-order valence-corrected chi connectivity index (χ1v) is 7.38. The van der Waals surface area contributed by atoms with E-state index in [2.05, 4.69) is 0 Å². The van der Waals surface area contributed by atoms with Gasteiger partial charge in [0.15, 0.2) is 12.9 Å². The molecule has 0 aliphatic heterocycles. The fourth-order valence-corrected chi connectivity index (χ4v) is 2.26. The number of anilines is 1. The number of nitrogens with zero attached hydrogens (tertiary/aromatic N) is 2. The van der Waals surface area contributed by atoms with Crippen molar-refractivity contribution in [2.45, 2.75) is 0 Å². The molecule has 126 valence electrons. The molecule has 0 aliphatic rings. The Kier molecular flexibility index (Phi) is 6.29. The fourth-order valence-electron chi connectivity index (χ4n) is 2.26. The van der Waals surface area contributed by atoms with Crippen molar-refractivity contribution in [3.05, 3.63) is 54.1 Å². The van der Waals surface area contributed by atoms with Crippen LogP contribution in [0.5, 0.6) is 5.75 Å². The summed E-state index contributed by atoms with van der Waals surface area (Å²) in [6.07, 6.45) is 0.429. The predicted molar refractivity (Wildman–Crippen MR) is 91.6 cm³/mol. The first kappa shape index (κ1) is 18.2. The highest BCUT2D eigenvalue weighted by atomic mass is 16.5. The van der Waals surface area contributed by atoms with Gasteiger partial charge >= 0.3 is 7.12 Å². The molecule has 0 aromatic heterocycles. The number of rotatable bonds is 7. The van der Waals surface area contributed by atoms with Crippen LogP contribution in [0, 0.1) is 11.3 Å². The number of nitriles is 1. The van der Waals surface area contributed by atoms with Crippen LogP contribution in [0.4, 0.5) is 5.69 Å². The van der Waals surface area contributed by atoms with Gasteiger partial charge in [0.25, 0.3) is 5.91 Å². The van der Waals surface area contributed by atoms with Crippen LogP contribution >= 0.6 is 0 Å². The van der Waals surface area contributed by atoms with Gasteiger partial charge in [-0.25, -0.2) is 0 Å². The van der Waals surface area contributed by atoms with Gasteiger partial charge in [-0.3, -0.25) is 14.5 Å². The zero-order valence-electron chi connectivity index (χ0n) is 13.2. The number of carbonyl (C=O) groups excluding carboxylic acids is 2. The summed E-state index contributed by atoms with van der Waals surface area (Å²) in [5, 5.41) is 27.5. The molecule has 0 atom stereocenters. The summed E-state index contributed by atoms with van der Waals surface area (Å²) < 4.78 is 5.38.